The number of halogens is 1. The summed E-state index contributed by atoms with van der Waals surface area (Å²) in [6, 6.07) is 3.78. The van der Waals surface area contributed by atoms with E-state index in [0.29, 0.717) is 5.56 Å². The van der Waals surface area contributed by atoms with Crippen molar-refractivity contribution in [2.45, 2.75) is 18.7 Å². The second kappa shape index (κ2) is 6.23. The van der Waals surface area contributed by atoms with Crippen LogP contribution >= 0.6 is 0 Å². The number of rotatable bonds is 4. The number of benzene rings is 1. The van der Waals surface area contributed by atoms with Gasteiger partial charge in [-0.25, -0.2) is 21.2 Å². The molecule has 1 aliphatic rings. The molecule has 1 aromatic carbocycles. The SMILES string of the molecule is CCS(=O)(=O)N1CCN(S(=O)(=O)c2ccc(C)c(F)c2)CC1. The smallest absolute Gasteiger partial charge is 0.212 e. The van der Waals surface area contributed by atoms with Crippen LogP contribution in [-0.4, -0.2) is 57.4 Å². The predicted molar refractivity (Wildman–Crippen MR) is 80.9 cm³/mol. The Balaban J connectivity index is 2.18. The predicted octanol–water partition coefficient (Wildman–Crippen LogP) is 0.790. The van der Waals surface area contributed by atoms with Gasteiger partial charge in [-0.1, -0.05) is 6.07 Å². The second-order valence-electron chi connectivity index (χ2n) is 5.11. The van der Waals surface area contributed by atoms with Crippen LogP contribution in [0.4, 0.5) is 4.39 Å². The highest BCUT2D eigenvalue weighted by atomic mass is 32.2. The molecular formula is C13H19FN2O4S2. The van der Waals surface area contributed by atoms with Gasteiger partial charge in [-0.15, -0.1) is 0 Å². The molecule has 9 heteroatoms. The van der Waals surface area contributed by atoms with Gasteiger partial charge in [0.15, 0.2) is 0 Å². The number of sulfonamides is 2. The number of piperazine rings is 1. The summed E-state index contributed by atoms with van der Waals surface area (Å²) in [6.07, 6.45) is 0. The Hall–Kier alpha value is -1.03. The van der Waals surface area contributed by atoms with E-state index in [1.165, 1.54) is 20.7 Å². The quantitative estimate of drug-likeness (QED) is 0.805. The van der Waals surface area contributed by atoms with Gasteiger partial charge in [-0.05, 0) is 31.5 Å². The summed E-state index contributed by atoms with van der Waals surface area (Å²) in [5.41, 5.74) is 0.373. The molecule has 1 aliphatic heterocycles. The van der Waals surface area contributed by atoms with Gasteiger partial charge in [0, 0.05) is 26.2 Å². The highest BCUT2D eigenvalue weighted by Crippen LogP contribution is 2.20. The van der Waals surface area contributed by atoms with E-state index in [2.05, 4.69) is 0 Å². The van der Waals surface area contributed by atoms with Gasteiger partial charge in [0.1, 0.15) is 5.82 Å². The van der Waals surface area contributed by atoms with E-state index in [4.69, 9.17) is 0 Å². The minimum absolute atomic E-state index is 0.0110. The summed E-state index contributed by atoms with van der Waals surface area (Å²) in [5, 5.41) is 0. The Kier molecular flexibility index (Phi) is 4.90. The summed E-state index contributed by atoms with van der Waals surface area (Å²) < 4.78 is 64.5. The van der Waals surface area contributed by atoms with Crippen molar-refractivity contribution in [1.82, 2.24) is 8.61 Å². The fourth-order valence-electron chi connectivity index (χ4n) is 2.25. The molecule has 0 atom stereocenters. The van der Waals surface area contributed by atoms with Gasteiger partial charge in [0.2, 0.25) is 20.0 Å². The van der Waals surface area contributed by atoms with Crippen LogP contribution in [0.15, 0.2) is 23.1 Å². The monoisotopic (exact) mass is 350 g/mol. The minimum Gasteiger partial charge on any atom is -0.212 e. The first-order valence-electron chi connectivity index (χ1n) is 6.92. The van der Waals surface area contributed by atoms with Crippen molar-refractivity contribution in [3.05, 3.63) is 29.6 Å². The number of hydrogen-bond donors (Lipinski definition) is 0. The first-order valence-corrected chi connectivity index (χ1v) is 9.97. The number of aryl methyl sites for hydroxylation is 1. The molecule has 124 valence electrons. The molecule has 0 amide bonds. The van der Waals surface area contributed by atoms with E-state index in [1.807, 2.05) is 0 Å². The Labute approximate surface area is 130 Å². The molecule has 0 aliphatic carbocycles. The molecule has 2 rings (SSSR count). The summed E-state index contributed by atoms with van der Waals surface area (Å²) in [5.74, 6) is -0.587. The molecule has 0 spiro atoms. The lowest BCUT2D eigenvalue weighted by atomic mass is 10.2. The molecule has 1 saturated heterocycles. The summed E-state index contributed by atoms with van der Waals surface area (Å²) in [6.45, 7) is 3.47. The first kappa shape index (κ1) is 17.3. The fourth-order valence-corrected chi connectivity index (χ4v) is 4.77. The maximum atomic E-state index is 13.6. The van der Waals surface area contributed by atoms with Crippen molar-refractivity contribution in [3.8, 4) is 0 Å². The fraction of sp³-hybridized carbons (Fsp3) is 0.538. The highest BCUT2D eigenvalue weighted by molar-refractivity contribution is 7.89. The van der Waals surface area contributed by atoms with Crippen LogP contribution < -0.4 is 0 Å². The van der Waals surface area contributed by atoms with Crippen molar-refractivity contribution < 1.29 is 21.2 Å². The third-order valence-electron chi connectivity index (χ3n) is 3.74. The van der Waals surface area contributed by atoms with Gasteiger partial charge < -0.3 is 0 Å². The van der Waals surface area contributed by atoms with Crippen LogP contribution in [0.1, 0.15) is 12.5 Å². The Morgan fingerprint density at radius 1 is 1.05 bits per heavy atom. The molecule has 0 bridgehead atoms. The Bertz CT molecular complexity index is 754. The maximum Gasteiger partial charge on any atom is 0.243 e. The molecular weight excluding hydrogens is 331 g/mol. The van der Waals surface area contributed by atoms with E-state index in [0.717, 1.165) is 6.07 Å². The Morgan fingerprint density at radius 3 is 2.09 bits per heavy atom. The van der Waals surface area contributed by atoms with E-state index < -0.39 is 25.9 Å². The lowest BCUT2D eigenvalue weighted by Gasteiger charge is -2.33. The molecule has 1 aromatic rings. The molecule has 6 nitrogen and oxygen atoms in total. The molecule has 22 heavy (non-hydrogen) atoms. The summed E-state index contributed by atoms with van der Waals surface area (Å²) >= 11 is 0. The zero-order valence-corrected chi connectivity index (χ0v) is 14.1. The lowest BCUT2D eigenvalue weighted by Crippen LogP contribution is -2.50. The molecule has 0 unspecified atom stereocenters. The Morgan fingerprint density at radius 2 is 1.59 bits per heavy atom. The van der Waals surface area contributed by atoms with Crippen molar-refractivity contribution >= 4 is 20.0 Å². The zero-order valence-electron chi connectivity index (χ0n) is 12.5. The minimum atomic E-state index is -3.81. The van der Waals surface area contributed by atoms with Crippen LogP contribution in [-0.2, 0) is 20.0 Å². The first-order chi connectivity index (χ1) is 10.2. The van der Waals surface area contributed by atoms with Gasteiger partial charge >= 0.3 is 0 Å². The van der Waals surface area contributed by atoms with Gasteiger partial charge in [0.05, 0.1) is 10.6 Å². The van der Waals surface area contributed by atoms with Crippen molar-refractivity contribution in [1.29, 1.82) is 0 Å². The van der Waals surface area contributed by atoms with Crippen molar-refractivity contribution in [2.75, 3.05) is 31.9 Å². The molecule has 0 saturated carbocycles. The van der Waals surface area contributed by atoms with Crippen molar-refractivity contribution in [2.24, 2.45) is 0 Å². The molecule has 1 fully saturated rings. The topological polar surface area (TPSA) is 74.8 Å². The van der Waals surface area contributed by atoms with Gasteiger partial charge in [-0.3, -0.25) is 0 Å². The van der Waals surface area contributed by atoms with Crippen LogP contribution in [0.3, 0.4) is 0 Å². The number of nitrogens with zero attached hydrogens (tertiary/aromatic N) is 2. The highest BCUT2D eigenvalue weighted by Gasteiger charge is 2.32. The standard InChI is InChI=1S/C13H19FN2O4S2/c1-3-21(17,18)15-6-8-16(9-7-15)22(19,20)12-5-4-11(2)13(14)10-12/h4-5,10H,3,6-9H2,1-2H3. The largest absolute Gasteiger partial charge is 0.243 e. The molecule has 0 aromatic heterocycles. The van der Waals surface area contributed by atoms with Crippen LogP contribution in [0.5, 0.6) is 0 Å². The second-order valence-corrected chi connectivity index (χ2v) is 9.31. The van der Waals surface area contributed by atoms with Crippen molar-refractivity contribution in [3.63, 3.8) is 0 Å². The van der Waals surface area contributed by atoms with Crippen LogP contribution in [0.2, 0.25) is 0 Å². The van der Waals surface area contributed by atoms with Gasteiger partial charge in [0.25, 0.3) is 0 Å². The average Bonchev–Trinajstić information content (AvgIpc) is 2.50. The third kappa shape index (κ3) is 3.32. The zero-order chi connectivity index (χ0) is 16.5. The summed E-state index contributed by atoms with van der Waals surface area (Å²) in [7, 11) is -7.12. The molecule has 1 heterocycles. The number of hydrogen-bond acceptors (Lipinski definition) is 4. The third-order valence-corrected chi connectivity index (χ3v) is 7.51. The van der Waals surface area contributed by atoms with E-state index in [-0.39, 0.29) is 36.8 Å². The molecule has 0 radical (unpaired) electrons. The molecule has 0 N–H and O–H groups in total. The normalized spacial score (nSPS) is 18.5. The van der Waals surface area contributed by atoms with Crippen LogP contribution in [0.25, 0.3) is 0 Å². The van der Waals surface area contributed by atoms with Crippen LogP contribution in [0, 0.1) is 12.7 Å². The van der Waals surface area contributed by atoms with E-state index in [1.54, 1.807) is 13.8 Å². The van der Waals surface area contributed by atoms with E-state index in [9.17, 15) is 21.2 Å². The van der Waals surface area contributed by atoms with E-state index >= 15 is 0 Å². The van der Waals surface area contributed by atoms with Gasteiger partial charge in [-0.2, -0.15) is 8.61 Å². The average molecular weight is 350 g/mol. The maximum absolute atomic E-state index is 13.6. The summed E-state index contributed by atoms with van der Waals surface area (Å²) in [4.78, 5) is -0.109. The lowest BCUT2D eigenvalue weighted by molar-refractivity contribution is 0.273.